The van der Waals surface area contributed by atoms with Crippen LogP contribution in [0.3, 0.4) is 0 Å². The van der Waals surface area contributed by atoms with Gasteiger partial charge >= 0.3 is 0 Å². The minimum absolute atomic E-state index is 0.103. The van der Waals surface area contributed by atoms with Gasteiger partial charge in [-0.1, -0.05) is 17.4 Å². The average Bonchev–Trinajstić information content (AvgIpc) is 2.99. The molecule has 8 nitrogen and oxygen atoms in total. The van der Waals surface area contributed by atoms with Crippen molar-refractivity contribution < 1.29 is 9.47 Å². The molecule has 1 fully saturated rings. The van der Waals surface area contributed by atoms with Crippen LogP contribution in [0.2, 0.25) is 0 Å². The van der Waals surface area contributed by atoms with Crippen molar-refractivity contribution >= 4 is 0 Å². The van der Waals surface area contributed by atoms with Gasteiger partial charge in [-0.25, -0.2) is 5.84 Å². The van der Waals surface area contributed by atoms with Gasteiger partial charge in [-0.2, -0.15) is 0 Å². The third kappa shape index (κ3) is 4.23. The molecule has 27 heavy (non-hydrogen) atoms. The van der Waals surface area contributed by atoms with E-state index in [4.69, 9.17) is 15.3 Å². The van der Waals surface area contributed by atoms with Crippen molar-refractivity contribution in [2.45, 2.75) is 31.9 Å². The van der Waals surface area contributed by atoms with E-state index >= 15 is 0 Å². The number of piperidine rings is 1. The van der Waals surface area contributed by atoms with Crippen molar-refractivity contribution in [3.05, 3.63) is 36.3 Å². The maximum atomic E-state index is 6.10. The summed E-state index contributed by atoms with van der Waals surface area (Å²) < 4.78 is 11.9. The van der Waals surface area contributed by atoms with E-state index in [0.717, 1.165) is 37.0 Å². The van der Waals surface area contributed by atoms with Crippen LogP contribution in [0.25, 0.3) is 0 Å². The molecule has 0 spiro atoms. The van der Waals surface area contributed by atoms with Crippen LogP contribution in [-0.4, -0.2) is 60.6 Å². The number of hydrogen-bond donors (Lipinski definition) is 3. The first-order valence-corrected chi connectivity index (χ1v) is 9.72. The van der Waals surface area contributed by atoms with E-state index in [1.54, 1.807) is 0 Å². The third-order valence-electron chi connectivity index (χ3n) is 5.64. The average molecular weight is 374 g/mol. The number of nitrogens with one attached hydrogen (secondary N) is 2. The van der Waals surface area contributed by atoms with Crippen LogP contribution < -0.4 is 26.1 Å². The zero-order valence-electron chi connectivity index (χ0n) is 16.1. The molecule has 1 saturated heterocycles. The van der Waals surface area contributed by atoms with E-state index in [9.17, 15) is 0 Å². The minimum atomic E-state index is 0.103. The maximum Gasteiger partial charge on any atom is 0.161 e. The molecule has 3 aliphatic heterocycles. The van der Waals surface area contributed by atoms with E-state index in [1.807, 2.05) is 42.5 Å². The molecular weight excluding hydrogens is 344 g/mol. The number of hydrazine groups is 3. The summed E-state index contributed by atoms with van der Waals surface area (Å²) in [7, 11) is 1.90. The van der Waals surface area contributed by atoms with Gasteiger partial charge in [-0.05, 0) is 50.9 Å². The van der Waals surface area contributed by atoms with Crippen molar-refractivity contribution in [1.82, 2.24) is 25.9 Å². The zero-order chi connectivity index (χ0) is 18.8. The number of nitrogens with zero attached hydrogens (tertiary/aromatic N) is 3. The van der Waals surface area contributed by atoms with Gasteiger partial charge in [0.1, 0.15) is 18.5 Å². The summed E-state index contributed by atoms with van der Waals surface area (Å²) in [6.07, 6.45) is 4.41. The van der Waals surface area contributed by atoms with Crippen LogP contribution >= 0.6 is 0 Å². The first-order chi connectivity index (χ1) is 13.1. The summed E-state index contributed by atoms with van der Waals surface area (Å²) in [5.41, 5.74) is 3.09. The molecule has 0 amide bonds. The van der Waals surface area contributed by atoms with Crippen LogP contribution in [0, 0.1) is 5.92 Å². The monoisotopic (exact) mass is 374 g/mol. The second kappa shape index (κ2) is 7.84. The quantitative estimate of drug-likeness (QED) is 0.655. The zero-order valence-corrected chi connectivity index (χ0v) is 16.1. The first kappa shape index (κ1) is 18.2. The third-order valence-corrected chi connectivity index (χ3v) is 5.64. The lowest BCUT2D eigenvalue weighted by Gasteiger charge is -2.37. The van der Waals surface area contributed by atoms with Gasteiger partial charge in [0.2, 0.25) is 0 Å². The second-order valence-electron chi connectivity index (χ2n) is 7.64. The van der Waals surface area contributed by atoms with Crippen molar-refractivity contribution in [2.24, 2.45) is 11.8 Å². The second-order valence-corrected chi connectivity index (χ2v) is 7.64. The predicted molar refractivity (Wildman–Crippen MR) is 103 cm³/mol. The van der Waals surface area contributed by atoms with Gasteiger partial charge in [0.05, 0.1) is 6.20 Å². The fourth-order valence-electron chi connectivity index (χ4n) is 3.99. The van der Waals surface area contributed by atoms with Crippen LogP contribution in [-0.2, 0) is 0 Å². The van der Waals surface area contributed by atoms with Gasteiger partial charge < -0.3 is 14.8 Å². The fourth-order valence-corrected chi connectivity index (χ4v) is 3.99. The number of hydrogen-bond acceptors (Lipinski definition) is 8. The normalized spacial score (nSPS) is 25.1. The van der Waals surface area contributed by atoms with Crippen molar-refractivity contribution in [1.29, 1.82) is 0 Å². The summed E-state index contributed by atoms with van der Waals surface area (Å²) in [5.74, 6) is 9.09. The molecule has 4 N–H and O–H groups in total. The highest BCUT2D eigenvalue weighted by Crippen LogP contribution is 2.31. The first-order valence-electron chi connectivity index (χ1n) is 9.72. The largest absolute Gasteiger partial charge is 0.486 e. The molecule has 8 heteroatoms. The summed E-state index contributed by atoms with van der Waals surface area (Å²) in [5, 5.41) is 6.81. The highest BCUT2D eigenvalue weighted by atomic mass is 16.6. The van der Waals surface area contributed by atoms with Crippen LogP contribution in [0.1, 0.15) is 19.8 Å². The lowest BCUT2D eigenvalue weighted by atomic mass is 9.90. The molecule has 0 aliphatic carbocycles. The topological polar surface area (TPSA) is 78.3 Å². The van der Waals surface area contributed by atoms with Gasteiger partial charge in [-0.3, -0.25) is 15.3 Å². The van der Waals surface area contributed by atoms with E-state index in [1.165, 1.54) is 18.1 Å². The van der Waals surface area contributed by atoms with Crippen LogP contribution in [0.4, 0.5) is 0 Å². The summed E-state index contributed by atoms with van der Waals surface area (Å²) >= 11 is 0. The van der Waals surface area contributed by atoms with Crippen LogP contribution in [0.5, 0.6) is 11.5 Å². The van der Waals surface area contributed by atoms with Crippen molar-refractivity contribution in [2.75, 3.05) is 33.3 Å². The number of likely N-dealkylation sites (tertiary alicyclic amines) is 1. The Morgan fingerprint density at radius 3 is 2.70 bits per heavy atom. The highest BCUT2D eigenvalue weighted by Gasteiger charge is 2.29. The Morgan fingerprint density at radius 2 is 2.00 bits per heavy atom. The number of para-hydroxylation sites is 2. The molecule has 2 atom stereocenters. The number of ether oxygens (including phenoxy) is 2. The molecule has 148 valence electrons. The molecule has 2 unspecified atom stereocenters. The minimum Gasteiger partial charge on any atom is -0.486 e. The van der Waals surface area contributed by atoms with Crippen molar-refractivity contribution in [3.63, 3.8) is 0 Å². The Labute approximate surface area is 160 Å². The molecule has 1 aromatic carbocycles. The van der Waals surface area contributed by atoms with Gasteiger partial charge in [0, 0.05) is 19.6 Å². The molecule has 3 heterocycles. The van der Waals surface area contributed by atoms with E-state index in [2.05, 4.69) is 22.6 Å². The molecule has 0 bridgehead atoms. The Bertz CT molecular complexity index is 676. The molecule has 0 aromatic heterocycles. The van der Waals surface area contributed by atoms with Gasteiger partial charge in [0.25, 0.3) is 0 Å². The smallest absolute Gasteiger partial charge is 0.161 e. The number of nitrogens with two attached hydrogens (primary N) is 1. The molecule has 0 saturated carbocycles. The van der Waals surface area contributed by atoms with Crippen LogP contribution in [0.15, 0.2) is 36.3 Å². The molecule has 0 radical (unpaired) electrons. The molecule has 1 aromatic rings. The molecule has 4 rings (SSSR count). The summed E-state index contributed by atoms with van der Waals surface area (Å²) in [4.78, 5) is 2.49. The Kier molecular flexibility index (Phi) is 5.29. The molecular formula is C19H30N6O2. The van der Waals surface area contributed by atoms with E-state index in [-0.39, 0.29) is 6.10 Å². The van der Waals surface area contributed by atoms with E-state index < -0.39 is 0 Å². The van der Waals surface area contributed by atoms with Gasteiger partial charge in [-0.15, -0.1) is 0 Å². The molecule has 3 aliphatic rings. The van der Waals surface area contributed by atoms with Crippen molar-refractivity contribution in [3.8, 4) is 11.5 Å². The standard InChI is InChI=1S/C19H30N6O2/c1-14(21-19-12-23(2)25(20)22-19)15-7-9-24(10-8-15)11-16-13-26-17-5-3-4-6-18(17)27-16/h3-6,12,14-16,21-22H,7-11,13,20H2,1-2H3. The fraction of sp³-hybridized carbons (Fsp3) is 0.579. The maximum absolute atomic E-state index is 6.10. The van der Waals surface area contributed by atoms with Gasteiger partial charge in [0.15, 0.2) is 11.5 Å². The Hall–Kier alpha value is -2.16. The number of fused-ring (bicyclic) bond motifs is 1. The summed E-state index contributed by atoms with van der Waals surface area (Å²) in [6.45, 7) is 5.97. The number of rotatable bonds is 5. The van der Waals surface area contributed by atoms with E-state index in [0.29, 0.717) is 18.6 Å². The summed E-state index contributed by atoms with van der Waals surface area (Å²) in [6, 6.07) is 8.30. The highest BCUT2D eigenvalue weighted by molar-refractivity contribution is 5.40. The Morgan fingerprint density at radius 1 is 1.26 bits per heavy atom. The predicted octanol–water partition coefficient (Wildman–Crippen LogP) is 0.856. The number of benzene rings is 1. The SMILES string of the molecule is CC(NC1=CN(C)N(N)N1)C1CCN(CC2COc3ccccc3O2)CC1. The lowest BCUT2D eigenvalue weighted by molar-refractivity contribution is 0.0260. The lowest BCUT2D eigenvalue weighted by Crippen LogP contribution is -2.49. The Balaban J connectivity index is 1.22.